The van der Waals surface area contributed by atoms with Crippen LogP contribution in [0.15, 0.2) is 36.2 Å². The van der Waals surface area contributed by atoms with Crippen molar-refractivity contribution < 1.29 is 23.8 Å². The first kappa shape index (κ1) is 23.9. The molecule has 36 heavy (non-hydrogen) atoms. The summed E-state index contributed by atoms with van der Waals surface area (Å²) in [5.41, 5.74) is -0.122. The minimum atomic E-state index is -1.69. The van der Waals surface area contributed by atoms with Gasteiger partial charge in [-0.15, -0.1) is 0 Å². The Morgan fingerprint density at radius 1 is 1.17 bits per heavy atom. The third-order valence-electron chi connectivity index (χ3n) is 7.18. The fourth-order valence-corrected chi connectivity index (χ4v) is 5.53. The molecular formula is C26H25ClN4O5. The number of carbonyl (C=O) groups excluding carboxylic acids is 2. The highest BCUT2D eigenvalue weighted by Gasteiger charge is 2.60. The average molecular weight is 509 g/mol. The number of benzene rings is 1. The lowest BCUT2D eigenvalue weighted by Gasteiger charge is -2.42. The van der Waals surface area contributed by atoms with Crippen molar-refractivity contribution in [3.05, 3.63) is 52.3 Å². The molecule has 1 aromatic carbocycles. The van der Waals surface area contributed by atoms with Crippen molar-refractivity contribution in [3.8, 4) is 23.3 Å². The summed E-state index contributed by atoms with van der Waals surface area (Å²) < 4.78 is 16.8. The molecule has 1 aliphatic carbocycles. The lowest BCUT2D eigenvalue weighted by atomic mass is 9.74. The number of fused-ring (bicyclic) bond motifs is 1. The zero-order chi connectivity index (χ0) is 25.6. The summed E-state index contributed by atoms with van der Waals surface area (Å²) in [4.78, 5) is 35.8. The van der Waals surface area contributed by atoms with Crippen LogP contribution in [0, 0.1) is 17.2 Å². The summed E-state index contributed by atoms with van der Waals surface area (Å²) in [5, 5.41) is 9.53. The van der Waals surface area contributed by atoms with E-state index in [2.05, 4.69) is 20.9 Å². The van der Waals surface area contributed by atoms with Crippen molar-refractivity contribution in [3.63, 3.8) is 0 Å². The number of pyridine rings is 1. The number of halogens is 1. The van der Waals surface area contributed by atoms with Gasteiger partial charge in [0.1, 0.15) is 34.0 Å². The minimum Gasteiger partial charge on any atom is -0.496 e. The van der Waals surface area contributed by atoms with Crippen molar-refractivity contribution >= 4 is 29.0 Å². The molecule has 2 aromatic rings. The van der Waals surface area contributed by atoms with Crippen molar-refractivity contribution in [2.75, 3.05) is 45.3 Å². The van der Waals surface area contributed by atoms with Crippen molar-refractivity contribution in [1.29, 1.82) is 5.26 Å². The van der Waals surface area contributed by atoms with E-state index in [4.69, 9.17) is 25.8 Å². The molecule has 5 rings (SSSR count). The van der Waals surface area contributed by atoms with Crippen LogP contribution < -0.4 is 19.1 Å². The van der Waals surface area contributed by atoms with Crippen LogP contribution in [0.3, 0.4) is 0 Å². The van der Waals surface area contributed by atoms with Gasteiger partial charge in [-0.1, -0.05) is 18.5 Å². The van der Waals surface area contributed by atoms with E-state index in [1.807, 2.05) is 6.92 Å². The normalized spacial score (nSPS) is 23.2. The lowest BCUT2D eigenvalue weighted by molar-refractivity contribution is -0.129. The lowest BCUT2D eigenvalue weighted by Crippen LogP contribution is -2.56. The molecule has 186 valence electrons. The van der Waals surface area contributed by atoms with Crippen LogP contribution in [0.25, 0.3) is 0 Å². The second-order valence-corrected chi connectivity index (χ2v) is 9.41. The molecule has 0 N–H and O–H groups in total. The predicted molar refractivity (Wildman–Crippen MR) is 132 cm³/mol. The summed E-state index contributed by atoms with van der Waals surface area (Å²) in [6.07, 6.45) is 3.69. The first-order chi connectivity index (χ1) is 17.3. The van der Waals surface area contributed by atoms with Gasteiger partial charge in [0.25, 0.3) is 0 Å². The highest BCUT2D eigenvalue weighted by molar-refractivity contribution is 6.36. The first-order valence-electron chi connectivity index (χ1n) is 11.6. The fourth-order valence-electron chi connectivity index (χ4n) is 5.27. The Morgan fingerprint density at radius 3 is 2.50 bits per heavy atom. The van der Waals surface area contributed by atoms with Crippen molar-refractivity contribution in [2.24, 2.45) is 5.92 Å². The van der Waals surface area contributed by atoms with Gasteiger partial charge in [-0.25, -0.2) is 4.98 Å². The van der Waals surface area contributed by atoms with Crippen molar-refractivity contribution in [1.82, 2.24) is 9.88 Å². The number of hydrogen-bond donors (Lipinski definition) is 0. The Hall–Kier alpha value is -3.77. The number of hydrogen-bond acceptors (Lipinski definition) is 9. The van der Waals surface area contributed by atoms with Gasteiger partial charge in [-0.2, -0.15) is 5.26 Å². The van der Waals surface area contributed by atoms with Crippen LogP contribution in [0.5, 0.6) is 17.2 Å². The Morgan fingerprint density at radius 2 is 1.86 bits per heavy atom. The largest absolute Gasteiger partial charge is 0.496 e. The van der Waals surface area contributed by atoms with Crippen LogP contribution in [0.1, 0.15) is 29.3 Å². The van der Waals surface area contributed by atoms with Gasteiger partial charge in [0.05, 0.1) is 19.8 Å². The van der Waals surface area contributed by atoms with E-state index in [1.54, 1.807) is 18.3 Å². The summed E-state index contributed by atoms with van der Waals surface area (Å²) in [6, 6.07) is 7.22. The molecule has 0 saturated carbocycles. The van der Waals surface area contributed by atoms with Crippen LogP contribution >= 0.6 is 11.6 Å². The molecule has 2 aliphatic heterocycles. The Labute approximate surface area is 213 Å². The number of methoxy groups -OCH3 is 2. The Kier molecular flexibility index (Phi) is 6.00. The maximum absolute atomic E-state index is 13.7. The number of ketones is 2. The molecule has 1 spiro atoms. The van der Waals surface area contributed by atoms with E-state index in [0.717, 1.165) is 5.70 Å². The van der Waals surface area contributed by atoms with E-state index >= 15 is 0 Å². The standard InChI is InChI=1S/C26H25ClN4O5/c1-15-11-17(30-7-9-31(10-8-30)25-16(14-28)5-4-6-29-25)12-20(32)26(15)24(33)21-18(34-2)13-19(35-3)22(27)23(21)36-26/h4-6,12-13,15H,7-11H2,1-3H3. The third kappa shape index (κ3) is 3.47. The SMILES string of the molecule is COc1cc(OC)c2c(c1Cl)OC1(C(=O)C=C(N3CCN(c4ncccc4C#N)CC3)CC1C)C2=O. The number of anilines is 1. The topological polar surface area (TPSA) is 105 Å². The molecule has 3 heterocycles. The van der Waals surface area contributed by atoms with Gasteiger partial charge in [-0.05, 0) is 18.6 Å². The minimum absolute atomic E-state index is 0.118. The van der Waals surface area contributed by atoms with E-state index < -0.39 is 23.1 Å². The number of piperazine rings is 1. The maximum atomic E-state index is 13.7. The van der Waals surface area contributed by atoms with Gasteiger partial charge in [0.15, 0.2) is 5.75 Å². The monoisotopic (exact) mass is 508 g/mol. The zero-order valence-electron chi connectivity index (χ0n) is 20.2. The van der Waals surface area contributed by atoms with Gasteiger partial charge >= 0.3 is 0 Å². The third-order valence-corrected chi connectivity index (χ3v) is 7.54. The van der Waals surface area contributed by atoms with Gasteiger partial charge in [-0.3, -0.25) is 9.59 Å². The highest BCUT2D eigenvalue weighted by Crippen LogP contribution is 2.53. The Balaban J connectivity index is 1.39. The van der Waals surface area contributed by atoms with E-state index in [-0.39, 0.29) is 22.1 Å². The second-order valence-electron chi connectivity index (χ2n) is 9.03. The number of aromatic nitrogens is 1. The van der Waals surface area contributed by atoms with Gasteiger partial charge < -0.3 is 24.0 Å². The summed E-state index contributed by atoms with van der Waals surface area (Å²) >= 11 is 6.46. The number of Topliss-reactive ketones (excluding diaryl/α,β-unsaturated/α-hetero) is 1. The number of nitriles is 1. The van der Waals surface area contributed by atoms with Crippen LogP contribution in [0.4, 0.5) is 5.82 Å². The van der Waals surface area contributed by atoms with Crippen LogP contribution in [-0.4, -0.2) is 67.5 Å². The second kappa shape index (κ2) is 9.03. The molecule has 10 heteroatoms. The van der Waals surface area contributed by atoms with Crippen LogP contribution in [0.2, 0.25) is 5.02 Å². The number of allylic oxidation sites excluding steroid dienone is 1. The number of nitrogens with zero attached hydrogens (tertiary/aromatic N) is 4. The van der Waals surface area contributed by atoms with Gasteiger partial charge in [0, 0.05) is 56.1 Å². The van der Waals surface area contributed by atoms with Gasteiger partial charge in [0.2, 0.25) is 17.2 Å². The molecule has 1 saturated heterocycles. The predicted octanol–water partition coefficient (Wildman–Crippen LogP) is 3.25. The van der Waals surface area contributed by atoms with E-state index in [0.29, 0.717) is 49.7 Å². The Bertz CT molecular complexity index is 1330. The molecule has 2 atom stereocenters. The zero-order valence-corrected chi connectivity index (χ0v) is 21.0. The fraction of sp³-hybridized carbons (Fsp3) is 0.385. The molecule has 0 bridgehead atoms. The van der Waals surface area contributed by atoms with E-state index in [1.165, 1.54) is 26.4 Å². The molecule has 1 fully saturated rings. The number of ether oxygens (including phenoxy) is 3. The molecule has 0 amide bonds. The molecule has 1 aromatic heterocycles. The maximum Gasteiger partial charge on any atom is 0.236 e. The first-order valence-corrected chi connectivity index (χ1v) is 12.0. The van der Waals surface area contributed by atoms with Crippen LogP contribution in [-0.2, 0) is 4.79 Å². The molecule has 3 aliphatic rings. The molecule has 2 unspecified atom stereocenters. The van der Waals surface area contributed by atoms with Crippen molar-refractivity contribution in [2.45, 2.75) is 18.9 Å². The summed E-state index contributed by atoms with van der Waals surface area (Å²) in [5.74, 6) is 0.0524. The molecule has 0 radical (unpaired) electrons. The smallest absolute Gasteiger partial charge is 0.236 e. The number of carbonyl (C=O) groups is 2. The summed E-state index contributed by atoms with van der Waals surface area (Å²) in [7, 11) is 2.90. The quantitative estimate of drug-likeness (QED) is 0.575. The summed E-state index contributed by atoms with van der Waals surface area (Å²) in [6.45, 7) is 4.47. The molecule has 9 nitrogen and oxygen atoms in total. The van der Waals surface area contributed by atoms with E-state index in [9.17, 15) is 14.9 Å². The number of rotatable bonds is 4. The molecular weight excluding hydrogens is 484 g/mol. The highest BCUT2D eigenvalue weighted by atomic mass is 35.5. The average Bonchev–Trinajstić information content (AvgIpc) is 3.22.